The lowest BCUT2D eigenvalue weighted by Crippen LogP contribution is -2.37. The Kier molecular flexibility index (Phi) is 5.41. The molecule has 1 fully saturated rings. The molecule has 0 aliphatic carbocycles. The number of alkyl halides is 3. The van der Waals surface area contributed by atoms with E-state index in [0.717, 1.165) is 31.4 Å². The predicted octanol–water partition coefficient (Wildman–Crippen LogP) is 2.43. The van der Waals surface area contributed by atoms with Gasteiger partial charge < -0.3 is 15.4 Å². The van der Waals surface area contributed by atoms with E-state index in [1.807, 2.05) is 4.90 Å². The lowest BCUT2D eigenvalue weighted by molar-refractivity contribution is -0.137. The third kappa shape index (κ3) is 4.57. The SMILES string of the molecule is NCCCOC1CCN(c2cc(C(F)(F)F)ccn2)CC1. The zero-order valence-electron chi connectivity index (χ0n) is 11.8. The molecule has 1 aromatic rings. The maximum absolute atomic E-state index is 12.7. The Morgan fingerprint density at radius 1 is 1.33 bits per heavy atom. The van der Waals surface area contributed by atoms with Gasteiger partial charge in [0, 0.05) is 25.9 Å². The van der Waals surface area contributed by atoms with Crippen molar-refractivity contribution >= 4 is 5.82 Å². The van der Waals surface area contributed by atoms with Crippen molar-refractivity contribution in [2.24, 2.45) is 5.73 Å². The first kappa shape index (κ1) is 16.0. The van der Waals surface area contributed by atoms with Crippen molar-refractivity contribution in [3.63, 3.8) is 0 Å². The van der Waals surface area contributed by atoms with Crippen molar-refractivity contribution in [2.75, 3.05) is 31.1 Å². The van der Waals surface area contributed by atoms with E-state index in [2.05, 4.69) is 4.98 Å². The van der Waals surface area contributed by atoms with E-state index in [1.54, 1.807) is 0 Å². The van der Waals surface area contributed by atoms with Gasteiger partial charge in [-0.2, -0.15) is 13.2 Å². The molecule has 1 aliphatic rings. The van der Waals surface area contributed by atoms with Gasteiger partial charge in [-0.05, 0) is 37.9 Å². The van der Waals surface area contributed by atoms with Gasteiger partial charge in [0.25, 0.3) is 0 Å². The predicted molar refractivity (Wildman–Crippen MR) is 74.1 cm³/mol. The highest BCUT2D eigenvalue weighted by Crippen LogP contribution is 2.31. The molecule has 2 rings (SSSR count). The summed E-state index contributed by atoms with van der Waals surface area (Å²) in [4.78, 5) is 5.92. The molecule has 0 atom stereocenters. The summed E-state index contributed by atoms with van der Waals surface area (Å²) < 4.78 is 43.8. The highest BCUT2D eigenvalue weighted by atomic mass is 19.4. The van der Waals surface area contributed by atoms with Gasteiger partial charge in [-0.1, -0.05) is 0 Å². The fourth-order valence-corrected chi connectivity index (χ4v) is 2.35. The van der Waals surface area contributed by atoms with E-state index in [9.17, 15) is 13.2 Å². The Hall–Kier alpha value is -1.34. The van der Waals surface area contributed by atoms with Crippen LogP contribution in [0.3, 0.4) is 0 Å². The number of hydrogen-bond donors (Lipinski definition) is 1. The van der Waals surface area contributed by atoms with Gasteiger partial charge in [0.1, 0.15) is 5.82 Å². The molecule has 1 aliphatic heterocycles. The molecule has 7 heteroatoms. The number of pyridine rings is 1. The fraction of sp³-hybridized carbons (Fsp3) is 0.643. The third-order valence-electron chi connectivity index (χ3n) is 3.54. The first-order valence-corrected chi connectivity index (χ1v) is 7.10. The van der Waals surface area contributed by atoms with E-state index in [-0.39, 0.29) is 6.10 Å². The first-order chi connectivity index (χ1) is 10.0. The molecule has 2 N–H and O–H groups in total. The Bertz CT molecular complexity index is 445. The summed E-state index contributed by atoms with van der Waals surface area (Å²) in [7, 11) is 0. The van der Waals surface area contributed by atoms with Crippen LogP contribution in [0.4, 0.5) is 19.0 Å². The molecule has 0 bridgehead atoms. The van der Waals surface area contributed by atoms with E-state index < -0.39 is 11.7 Å². The Balaban J connectivity index is 1.90. The highest BCUT2D eigenvalue weighted by molar-refractivity contribution is 5.42. The third-order valence-corrected chi connectivity index (χ3v) is 3.54. The average Bonchev–Trinajstić information content (AvgIpc) is 2.47. The van der Waals surface area contributed by atoms with Crippen LogP contribution in [0.1, 0.15) is 24.8 Å². The van der Waals surface area contributed by atoms with Crippen molar-refractivity contribution in [2.45, 2.75) is 31.5 Å². The molecule has 118 valence electrons. The van der Waals surface area contributed by atoms with Crippen molar-refractivity contribution in [1.29, 1.82) is 0 Å². The van der Waals surface area contributed by atoms with Crippen LogP contribution < -0.4 is 10.6 Å². The van der Waals surface area contributed by atoms with Gasteiger partial charge in [0.05, 0.1) is 11.7 Å². The van der Waals surface area contributed by atoms with E-state index in [0.29, 0.717) is 32.1 Å². The number of halogens is 3. The molecule has 1 aromatic heterocycles. The standard InChI is InChI=1S/C14H20F3N3O/c15-14(16,17)11-2-6-19-13(10-11)20-7-3-12(4-8-20)21-9-1-5-18/h2,6,10,12H,1,3-5,7-9,18H2. The second kappa shape index (κ2) is 7.09. The first-order valence-electron chi connectivity index (χ1n) is 7.10. The quantitative estimate of drug-likeness (QED) is 0.849. The maximum atomic E-state index is 12.7. The molecule has 0 aromatic carbocycles. The molecule has 1 saturated heterocycles. The zero-order chi connectivity index (χ0) is 15.3. The van der Waals surface area contributed by atoms with Crippen molar-refractivity contribution in [3.8, 4) is 0 Å². The smallest absolute Gasteiger partial charge is 0.378 e. The molecule has 0 amide bonds. The lowest BCUT2D eigenvalue weighted by atomic mass is 10.1. The van der Waals surface area contributed by atoms with Crippen LogP contribution in [-0.2, 0) is 10.9 Å². The lowest BCUT2D eigenvalue weighted by Gasteiger charge is -2.33. The van der Waals surface area contributed by atoms with Crippen LogP contribution in [0.15, 0.2) is 18.3 Å². The molecular weight excluding hydrogens is 283 g/mol. The zero-order valence-corrected chi connectivity index (χ0v) is 11.8. The molecule has 0 spiro atoms. The minimum absolute atomic E-state index is 0.165. The molecule has 21 heavy (non-hydrogen) atoms. The molecule has 0 radical (unpaired) electrons. The van der Waals surface area contributed by atoms with Crippen LogP contribution in [0.5, 0.6) is 0 Å². The number of piperidine rings is 1. The number of rotatable bonds is 5. The summed E-state index contributed by atoms with van der Waals surface area (Å²) in [5.74, 6) is 0.380. The number of anilines is 1. The Labute approximate surface area is 122 Å². The largest absolute Gasteiger partial charge is 0.416 e. The Morgan fingerprint density at radius 3 is 2.67 bits per heavy atom. The van der Waals surface area contributed by atoms with Gasteiger partial charge in [-0.15, -0.1) is 0 Å². The van der Waals surface area contributed by atoms with Gasteiger partial charge >= 0.3 is 6.18 Å². The summed E-state index contributed by atoms with van der Waals surface area (Å²) >= 11 is 0. The minimum atomic E-state index is -4.33. The van der Waals surface area contributed by atoms with Gasteiger partial charge in [-0.25, -0.2) is 4.98 Å². The van der Waals surface area contributed by atoms with Crippen LogP contribution >= 0.6 is 0 Å². The second-order valence-corrected chi connectivity index (χ2v) is 5.10. The summed E-state index contributed by atoms with van der Waals surface area (Å²) in [6.45, 7) is 2.55. The molecular formula is C14H20F3N3O. The number of ether oxygens (including phenoxy) is 1. The molecule has 0 saturated carbocycles. The summed E-state index contributed by atoms with van der Waals surface area (Å²) in [5.41, 5.74) is 4.74. The molecule has 2 heterocycles. The number of nitrogens with two attached hydrogens (primary N) is 1. The normalized spacial score (nSPS) is 17.2. The highest BCUT2D eigenvalue weighted by Gasteiger charge is 2.31. The van der Waals surface area contributed by atoms with Gasteiger partial charge in [-0.3, -0.25) is 0 Å². The van der Waals surface area contributed by atoms with Crippen LogP contribution in [0.2, 0.25) is 0 Å². The monoisotopic (exact) mass is 303 g/mol. The maximum Gasteiger partial charge on any atom is 0.416 e. The van der Waals surface area contributed by atoms with Gasteiger partial charge in [0.15, 0.2) is 0 Å². The second-order valence-electron chi connectivity index (χ2n) is 5.10. The number of nitrogens with zero attached hydrogens (tertiary/aromatic N) is 2. The van der Waals surface area contributed by atoms with Gasteiger partial charge in [0.2, 0.25) is 0 Å². The van der Waals surface area contributed by atoms with E-state index in [4.69, 9.17) is 10.5 Å². The number of aromatic nitrogens is 1. The van der Waals surface area contributed by atoms with E-state index in [1.165, 1.54) is 6.20 Å². The van der Waals surface area contributed by atoms with Crippen molar-refractivity contribution in [1.82, 2.24) is 4.98 Å². The minimum Gasteiger partial charge on any atom is -0.378 e. The fourth-order valence-electron chi connectivity index (χ4n) is 2.35. The molecule has 4 nitrogen and oxygen atoms in total. The molecule has 0 unspecified atom stereocenters. The Morgan fingerprint density at radius 2 is 2.05 bits per heavy atom. The topological polar surface area (TPSA) is 51.4 Å². The van der Waals surface area contributed by atoms with E-state index >= 15 is 0 Å². The average molecular weight is 303 g/mol. The van der Waals surface area contributed by atoms with Crippen molar-refractivity contribution < 1.29 is 17.9 Å². The van der Waals surface area contributed by atoms with Crippen LogP contribution in [0.25, 0.3) is 0 Å². The summed E-state index contributed by atoms with van der Waals surface area (Å²) in [6.07, 6.45) is -0.539. The summed E-state index contributed by atoms with van der Waals surface area (Å²) in [6, 6.07) is 2.10. The summed E-state index contributed by atoms with van der Waals surface area (Å²) in [5, 5.41) is 0. The van der Waals surface area contributed by atoms with Crippen LogP contribution in [0, 0.1) is 0 Å². The van der Waals surface area contributed by atoms with Crippen molar-refractivity contribution in [3.05, 3.63) is 23.9 Å². The number of hydrogen-bond acceptors (Lipinski definition) is 4. The van der Waals surface area contributed by atoms with Crippen LogP contribution in [-0.4, -0.2) is 37.3 Å².